The fourth-order valence-corrected chi connectivity index (χ4v) is 4.48. The molecule has 0 aliphatic carbocycles. The third kappa shape index (κ3) is 16.1. The maximum absolute atomic E-state index is 12.3. The van der Waals surface area contributed by atoms with Crippen molar-refractivity contribution in [1.82, 2.24) is 4.31 Å². The van der Waals surface area contributed by atoms with Crippen molar-refractivity contribution in [3.8, 4) is 0 Å². The molecule has 0 saturated heterocycles. The third-order valence-corrected chi connectivity index (χ3v) is 6.97. The Morgan fingerprint density at radius 3 is 1.54 bits per heavy atom. The van der Waals surface area contributed by atoms with Gasteiger partial charge in [0.2, 0.25) is 10.0 Å². The molecular formula is C21H47N2O2S+. The van der Waals surface area contributed by atoms with Gasteiger partial charge in [0.25, 0.3) is 0 Å². The molecule has 0 aromatic carbocycles. The van der Waals surface area contributed by atoms with E-state index in [1.54, 1.807) is 11.4 Å². The number of sulfonamides is 1. The van der Waals surface area contributed by atoms with Crippen LogP contribution in [0.4, 0.5) is 0 Å². The number of hydrogen-bond donors (Lipinski definition) is 0. The van der Waals surface area contributed by atoms with Crippen molar-refractivity contribution >= 4 is 10.0 Å². The zero-order valence-electron chi connectivity index (χ0n) is 18.4. The highest BCUT2D eigenvalue weighted by Gasteiger charge is 2.18. The average Bonchev–Trinajstić information content (AvgIpc) is 2.54. The molecular weight excluding hydrogens is 344 g/mol. The SMILES string of the molecule is CCCCCCCCCCCCCCS(=O)(=O)N(C)CCC[N+](C)(C)C. The summed E-state index contributed by atoms with van der Waals surface area (Å²) < 4.78 is 27.0. The van der Waals surface area contributed by atoms with E-state index < -0.39 is 10.0 Å². The Morgan fingerprint density at radius 2 is 1.12 bits per heavy atom. The normalized spacial score (nSPS) is 12.8. The van der Waals surface area contributed by atoms with Gasteiger partial charge in [-0.2, -0.15) is 0 Å². The Kier molecular flexibility index (Phi) is 14.8. The van der Waals surface area contributed by atoms with Gasteiger partial charge in [0.05, 0.1) is 33.4 Å². The second-order valence-electron chi connectivity index (χ2n) is 8.89. The third-order valence-electron chi connectivity index (χ3n) is 5.03. The first-order valence-electron chi connectivity index (χ1n) is 10.9. The molecule has 5 heteroatoms. The topological polar surface area (TPSA) is 37.4 Å². The number of rotatable bonds is 18. The van der Waals surface area contributed by atoms with Crippen LogP contribution in [-0.2, 0) is 10.0 Å². The molecule has 0 aliphatic heterocycles. The molecule has 0 fully saturated rings. The van der Waals surface area contributed by atoms with E-state index >= 15 is 0 Å². The maximum Gasteiger partial charge on any atom is 0.213 e. The van der Waals surface area contributed by atoms with Gasteiger partial charge in [-0.1, -0.05) is 77.6 Å². The van der Waals surface area contributed by atoms with Crippen molar-refractivity contribution in [1.29, 1.82) is 0 Å². The molecule has 0 radical (unpaired) electrons. The van der Waals surface area contributed by atoms with E-state index in [0.717, 1.165) is 30.3 Å². The number of unbranched alkanes of at least 4 members (excludes halogenated alkanes) is 11. The number of nitrogens with zero attached hydrogens (tertiary/aromatic N) is 2. The molecule has 0 amide bonds. The van der Waals surface area contributed by atoms with Gasteiger partial charge in [-0.05, 0) is 6.42 Å². The summed E-state index contributed by atoms with van der Waals surface area (Å²) in [4.78, 5) is 0. The summed E-state index contributed by atoms with van der Waals surface area (Å²) in [6, 6.07) is 0. The van der Waals surface area contributed by atoms with Crippen molar-refractivity contribution in [3.05, 3.63) is 0 Å². The Hall–Kier alpha value is -0.130. The second kappa shape index (κ2) is 14.9. The van der Waals surface area contributed by atoms with E-state index in [1.165, 1.54) is 64.2 Å². The van der Waals surface area contributed by atoms with Crippen LogP contribution in [0.5, 0.6) is 0 Å². The molecule has 0 bridgehead atoms. The minimum absolute atomic E-state index is 0.311. The molecule has 0 saturated carbocycles. The summed E-state index contributed by atoms with van der Waals surface area (Å²) in [7, 11) is 5.08. The lowest BCUT2D eigenvalue weighted by Crippen LogP contribution is -2.38. The van der Waals surface area contributed by atoms with Crippen LogP contribution in [0, 0.1) is 0 Å². The average molecular weight is 392 g/mol. The number of hydrogen-bond acceptors (Lipinski definition) is 2. The quantitative estimate of drug-likeness (QED) is 0.242. The number of quaternary nitrogens is 1. The second-order valence-corrected chi connectivity index (χ2v) is 11.1. The van der Waals surface area contributed by atoms with Gasteiger partial charge in [-0.25, -0.2) is 12.7 Å². The van der Waals surface area contributed by atoms with E-state index in [1.807, 2.05) is 0 Å². The van der Waals surface area contributed by atoms with Crippen LogP contribution in [0.15, 0.2) is 0 Å². The Morgan fingerprint density at radius 1 is 0.692 bits per heavy atom. The van der Waals surface area contributed by atoms with Gasteiger partial charge in [0.15, 0.2) is 0 Å². The Labute approximate surface area is 165 Å². The van der Waals surface area contributed by atoms with Crippen LogP contribution >= 0.6 is 0 Å². The van der Waals surface area contributed by atoms with Crippen molar-refractivity contribution in [2.45, 2.75) is 90.4 Å². The van der Waals surface area contributed by atoms with E-state index in [0.29, 0.717) is 12.3 Å². The van der Waals surface area contributed by atoms with Crippen molar-refractivity contribution in [3.63, 3.8) is 0 Å². The van der Waals surface area contributed by atoms with Crippen molar-refractivity contribution in [2.24, 2.45) is 0 Å². The summed E-state index contributed by atoms with van der Waals surface area (Å²) in [5, 5.41) is 0. The molecule has 0 aromatic rings. The maximum atomic E-state index is 12.3. The molecule has 0 aliphatic rings. The monoisotopic (exact) mass is 391 g/mol. The minimum atomic E-state index is -3.06. The van der Waals surface area contributed by atoms with Gasteiger partial charge >= 0.3 is 0 Å². The molecule has 0 heterocycles. The van der Waals surface area contributed by atoms with Crippen LogP contribution in [0.2, 0.25) is 0 Å². The van der Waals surface area contributed by atoms with Gasteiger partial charge in [0, 0.05) is 20.0 Å². The predicted molar refractivity (Wildman–Crippen MR) is 115 cm³/mol. The van der Waals surface area contributed by atoms with Crippen LogP contribution < -0.4 is 0 Å². The highest BCUT2D eigenvalue weighted by Crippen LogP contribution is 2.13. The van der Waals surface area contributed by atoms with Crippen molar-refractivity contribution < 1.29 is 12.9 Å². The van der Waals surface area contributed by atoms with E-state index in [9.17, 15) is 8.42 Å². The summed E-state index contributed by atoms with van der Waals surface area (Å²) in [6.45, 7) is 3.89. The summed E-state index contributed by atoms with van der Waals surface area (Å²) >= 11 is 0. The van der Waals surface area contributed by atoms with Gasteiger partial charge < -0.3 is 4.48 Å². The van der Waals surface area contributed by atoms with Crippen LogP contribution in [0.3, 0.4) is 0 Å². The minimum Gasteiger partial charge on any atom is -0.331 e. The summed E-state index contributed by atoms with van der Waals surface area (Å²) in [5.41, 5.74) is 0. The Balaban J connectivity index is 3.58. The lowest BCUT2D eigenvalue weighted by molar-refractivity contribution is -0.870. The van der Waals surface area contributed by atoms with Gasteiger partial charge in [0.1, 0.15) is 0 Å². The highest BCUT2D eigenvalue weighted by atomic mass is 32.2. The molecule has 158 valence electrons. The van der Waals surface area contributed by atoms with Crippen LogP contribution in [-0.4, -0.2) is 64.2 Å². The van der Waals surface area contributed by atoms with Crippen LogP contribution in [0.25, 0.3) is 0 Å². The first-order chi connectivity index (χ1) is 12.2. The Bertz CT molecular complexity index is 416. The molecule has 0 spiro atoms. The van der Waals surface area contributed by atoms with E-state index in [4.69, 9.17) is 0 Å². The van der Waals surface area contributed by atoms with Crippen LogP contribution in [0.1, 0.15) is 90.4 Å². The fourth-order valence-electron chi connectivity index (χ4n) is 3.19. The molecule has 0 N–H and O–H groups in total. The highest BCUT2D eigenvalue weighted by molar-refractivity contribution is 7.89. The lowest BCUT2D eigenvalue weighted by Gasteiger charge is -2.25. The molecule has 26 heavy (non-hydrogen) atoms. The van der Waals surface area contributed by atoms with E-state index in [2.05, 4.69) is 28.1 Å². The van der Waals surface area contributed by atoms with Crippen molar-refractivity contribution in [2.75, 3.05) is 47.0 Å². The predicted octanol–water partition coefficient (Wildman–Crippen LogP) is 5.05. The molecule has 0 atom stereocenters. The lowest BCUT2D eigenvalue weighted by atomic mass is 10.1. The first kappa shape index (κ1) is 25.9. The zero-order chi connectivity index (χ0) is 19.9. The zero-order valence-corrected chi connectivity index (χ0v) is 19.2. The van der Waals surface area contributed by atoms with Gasteiger partial charge in [-0.3, -0.25) is 0 Å². The van der Waals surface area contributed by atoms with E-state index in [-0.39, 0.29) is 0 Å². The largest absolute Gasteiger partial charge is 0.331 e. The first-order valence-corrected chi connectivity index (χ1v) is 12.5. The standard InChI is InChI=1S/C21H47N2O2S/c1-6-7-8-9-10-11-12-13-14-15-16-17-21-26(24,25)22(2)19-18-20-23(3,4)5/h6-21H2,1-5H3/q+1. The molecule has 4 nitrogen and oxygen atoms in total. The van der Waals surface area contributed by atoms with Gasteiger partial charge in [-0.15, -0.1) is 0 Å². The fraction of sp³-hybridized carbons (Fsp3) is 1.00. The summed E-state index contributed by atoms with van der Waals surface area (Å²) in [5.74, 6) is 0.311. The molecule has 0 unspecified atom stereocenters. The molecule has 0 rings (SSSR count). The summed E-state index contributed by atoms with van der Waals surface area (Å²) in [6.07, 6.45) is 16.1. The molecule has 0 aromatic heterocycles. The smallest absolute Gasteiger partial charge is 0.213 e.